The minimum atomic E-state index is 0.262. The maximum Gasteiger partial charge on any atom is 0.158 e. The zero-order chi connectivity index (χ0) is 18.8. The van der Waals surface area contributed by atoms with Crippen molar-refractivity contribution in [2.45, 2.75) is 20.4 Å². The van der Waals surface area contributed by atoms with E-state index in [0.29, 0.717) is 6.54 Å². The lowest BCUT2D eigenvalue weighted by atomic mass is 10.2. The third-order valence-electron chi connectivity index (χ3n) is 4.74. The van der Waals surface area contributed by atoms with Crippen molar-refractivity contribution in [3.8, 4) is 11.6 Å². The Kier molecular flexibility index (Phi) is 4.72. The first-order valence-corrected chi connectivity index (χ1v) is 9.05. The van der Waals surface area contributed by atoms with E-state index in [0.717, 1.165) is 54.8 Å². The van der Waals surface area contributed by atoms with E-state index in [9.17, 15) is 5.11 Å². The SMILES string of the molecule is Cc1cnn(-c2cc(N3CCN(Cc4nc(C)ccc4O)CC3)ncn2)c1. The Morgan fingerprint density at radius 2 is 1.81 bits per heavy atom. The molecule has 4 heterocycles. The number of rotatable bonds is 4. The van der Waals surface area contributed by atoms with Crippen molar-refractivity contribution in [1.29, 1.82) is 0 Å². The summed E-state index contributed by atoms with van der Waals surface area (Å²) in [6, 6.07) is 5.51. The second kappa shape index (κ2) is 7.32. The van der Waals surface area contributed by atoms with Crippen LogP contribution in [0.3, 0.4) is 0 Å². The lowest BCUT2D eigenvalue weighted by Crippen LogP contribution is -2.46. The number of anilines is 1. The first kappa shape index (κ1) is 17.4. The smallest absolute Gasteiger partial charge is 0.158 e. The molecule has 27 heavy (non-hydrogen) atoms. The molecule has 1 aliphatic heterocycles. The molecule has 0 unspecified atom stereocenters. The van der Waals surface area contributed by atoms with Crippen LogP contribution in [-0.4, -0.2) is 60.9 Å². The van der Waals surface area contributed by atoms with Crippen LogP contribution in [0.5, 0.6) is 5.75 Å². The third kappa shape index (κ3) is 3.90. The van der Waals surface area contributed by atoms with Crippen molar-refractivity contribution in [2.24, 2.45) is 0 Å². The predicted molar refractivity (Wildman–Crippen MR) is 102 cm³/mol. The van der Waals surface area contributed by atoms with Crippen molar-refractivity contribution >= 4 is 5.82 Å². The molecule has 0 spiro atoms. The standard InChI is InChI=1S/C19H23N7O/c1-14-10-22-26(11-14)19-9-18(20-13-21-19)25-7-5-24(6-8-25)12-16-17(27)4-3-15(2)23-16/h3-4,9-11,13,27H,5-8,12H2,1-2H3. The summed E-state index contributed by atoms with van der Waals surface area (Å²) in [6.07, 6.45) is 5.35. The molecular weight excluding hydrogens is 342 g/mol. The first-order valence-electron chi connectivity index (χ1n) is 9.05. The molecule has 3 aromatic rings. The highest BCUT2D eigenvalue weighted by atomic mass is 16.3. The Labute approximate surface area is 158 Å². The van der Waals surface area contributed by atoms with Crippen LogP contribution in [0.25, 0.3) is 5.82 Å². The monoisotopic (exact) mass is 365 g/mol. The first-order chi connectivity index (χ1) is 13.1. The second-order valence-electron chi connectivity index (χ2n) is 6.88. The number of aromatic nitrogens is 5. The molecule has 0 bridgehead atoms. The van der Waals surface area contributed by atoms with E-state index >= 15 is 0 Å². The normalized spacial score (nSPS) is 15.3. The minimum Gasteiger partial charge on any atom is -0.506 e. The molecule has 0 aromatic carbocycles. The van der Waals surface area contributed by atoms with Crippen molar-refractivity contribution in [1.82, 2.24) is 29.6 Å². The van der Waals surface area contributed by atoms with E-state index in [1.807, 2.05) is 38.4 Å². The van der Waals surface area contributed by atoms with E-state index in [-0.39, 0.29) is 5.75 Å². The van der Waals surface area contributed by atoms with Crippen molar-refractivity contribution < 1.29 is 5.11 Å². The summed E-state index contributed by atoms with van der Waals surface area (Å²) in [7, 11) is 0. The largest absolute Gasteiger partial charge is 0.506 e. The van der Waals surface area contributed by atoms with Crippen LogP contribution in [0, 0.1) is 13.8 Å². The zero-order valence-electron chi connectivity index (χ0n) is 15.6. The average molecular weight is 365 g/mol. The van der Waals surface area contributed by atoms with Crippen LogP contribution in [0.1, 0.15) is 17.0 Å². The molecule has 8 heteroatoms. The van der Waals surface area contributed by atoms with E-state index in [1.165, 1.54) is 0 Å². The van der Waals surface area contributed by atoms with Gasteiger partial charge in [-0.3, -0.25) is 9.88 Å². The van der Waals surface area contributed by atoms with Crippen LogP contribution in [0.15, 0.2) is 36.9 Å². The number of hydrogen-bond acceptors (Lipinski definition) is 7. The number of pyridine rings is 1. The molecule has 3 aromatic heterocycles. The number of aromatic hydroxyl groups is 1. The van der Waals surface area contributed by atoms with E-state index in [4.69, 9.17) is 0 Å². The van der Waals surface area contributed by atoms with Crippen molar-refractivity contribution in [2.75, 3.05) is 31.1 Å². The predicted octanol–water partition coefficient (Wildman–Crippen LogP) is 1.70. The molecule has 1 saturated heterocycles. The number of nitrogens with zero attached hydrogens (tertiary/aromatic N) is 7. The summed E-state index contributed by atoms with van der Waals surface area (Å²) in [5.41, 5.74) is 2.75. The molecular formula is C19H23N7O. The van der Waals surface area contributed by atoms with Crippen molar-refractivity contribution in [3.05, 3.63) is 53.9 Å². The highest BCUT2D eigenvalue weighted by Gasteiger charge is 2.20. The average Bonchev–Trinajstić information content (AvgIpc) is 3.12. The molecule has 1 fully saturated rings. The van der Waals surface area contributed by atoms with E-state index in [1.54, 1.807) is 17.1 Å². The third-order valence-corrected chi connectivity index (χ3v) is 4.74. The van der Waals surface area contributed by atoms with Gasteiger partial charge in [-0.1, -0.05) is 0 Å². The number of aryl methyl sites for hydroxylation is 2. The van der Waals surface area contributed by atoms with Gasteiger partial charge < -0.3 is 10.0 Å². The quantitative estimate of drug-likeness (QED) is 0.753. The van der Waals surface area contributed by atoms with Gasteiger partial charge in [-0.2, -0.15) is 5.10 Å². The lowest BCUT2D eigenvalue weighted by Gasteiger charge is -2.35. The van der Waals surface area contributed by atoms with Gasteiger partial charge >= 0.3 is 0 Å². The van der Waals surface area contributed by atoms with Crippen LogP contribution < -0.4 is 4.90 Å². The molecule has 8 nitrogen and oxygen atoms in total. The van der Waals surface area contributed by atoms with Gasteiger partial charge in [0.2, 0.25) is 0 Å². The fourth-order valence-corrected chi connectivity index (χ4v) is 3.24. The molecule has 0 saturated carbocycles. The van der Waals surface area contributed by atoms with Crippen LogP contribution >= 0.6 is 0 Å². The molecule has 0 aliphatic carbocycles. The summed E-state index contributed by atoms with van der Waals surface area (Å²) >= 11 is 0. The zero-order valence-corrected chi connectivity index (χ0v) is 15.6. The van der Waals surface area contributed by atoms with Crippen LogP contribution in [0.4, 0.5) is 5.82 Å². The maximum absolute atomic E-state index is 10.0. The molecule has 140 valence electrons. The van der Waals surface area contributed by atoms with Crippen LogP contribution in [0.2, 0.25) is 0 Å². The number of hydrogen-bond donors (Lipinski definition) is 1. The highest BCUT2D eigenvalue weighted by Crippen LogP contribution is 2.20. The van der Waals surface area contributed by atoms with Crippen LogP contribution in [-0.2, 0) is 6.54 Å². The van der Waals surface area contributed by atoms with E-state index < -0.39 is 0 Å². The minimum absolute atomic E-state index is 0.262. The Morgan fingerprint density at radius 1 is 1.04 bits per heavy atom. The summed E-state index contributed by atoms with van der Waals surface area (Å²) in [6.45, 7) is 8.09. The summed E-state index contributed by atoms with van der Waals surface area (Å²) in [5.74, 6) is 1.94. The summed E-state index contributed by atoms with van der Waals surface area (Å²) < 4.78 is 1.77. The second-order valence-corrected chi connectivity index (χ2v) is 6.88. The molecule has 0 amide bonds. The summed E-state index contributed by atoms with van der Waals surface area (Å²) in [5, 5.41) is 14.3. The van der Waals surface area contributed by atoms with Gasteiger partial charge in [0.05, 0.1) is 11.9 Å². The maximum atomic E-state index is 10.0. The molecule has 1 N–H and O–H groups in total. The topological polar surface area (TPSA) is 83.2 Å². The van der Waals surface area contributed by atoms with Gasteiger partial charge in [0.15, 0.2) is 5.82 Å². The fourth-order valence-electron chi connectivity index (χ4n) is 3.24. The molecule has 0 atom stereocenters. The Balaban J connectivity index is 1.41. The lowest BCUT2D eigenvalue weighted by molar-refractivity contribution is 0.243. The fraction of sp³-hybridized carbons (Fsp3) is 0.368. The number of piperazine rings is 1. The van der Waals surface area contributed by atoms with Gasteiger partial charge in [0.25, 0.3) is 0 Å². The van der Waals surface area contributed by atoms with Gasteiger partial charge in [0, 0.05) is 50.7 Å². The molecule has 0 radical (unpaired) electrons. The van der Waals surface area contributed by atoms with Gasteiger partial charge in [0.1, 0.15) is 17.9 Å². The Morgan fingerprint density at radius 3 is 2.56 bits per heavy atom. The van der Waals surface area contributed by atoms with Gasteiger partial charge in [-0.05, 0) is 31.5 Å². The molecule has 4 rings (SSSR count). The Bertz CT molecular complexity index is 931. The summed E-state index contributed by atoms with van der Waals surface area (Å²) in [4.78, 5) is 17.8. The Hall–Kier alpha value is -3.00. The van der Waals surface area contributed by atoms with Gasteiger partial charge in [-0.25, -0.2) is 14.6 Å². The molecule has 1 aliphatic rings. The highest BCUT2D eigenvalue weighted by molar-refractivity contribution is 5.43. The van der Waals surface area contributed by atoms with Crippen molar-refractivity contribution in [3.63, 3.8) is 0 Å². The van der Waals surface area contributed by atoms with Gasteiger partial charge in [-0.15, -0.1) is 0 Å². The van der Waals surface area contributed by atoms with E-state index in [2.05, 4.69) is 29.9 Å².